The minimum absolute atomic E-state index is 0.132. The fourth-order valence-corrected chi connectivity index (χ4v) is 4.73. The number of hydrogen-bond donors (Lipinski definition) is 1. The summed E-state index contributed by atoms with van der Waals surface area (Å²) in [5.41, 5.74) is 0.437. The predicted octanol–water partition coefficient (Wildman–Crippen LogP) is 3.93. The van der Waals surface area contributed by atoms with Crippen molar-refractivity contribution in [2.24, 2.45) is 0 Å². The molecule has 1 aromatic carbocycles. The van der Waals surface area contributed by atoms with Gasteiger partial charge in [0.2, 0.25) is 0 Å². The number of amides is 2. The molecule has 2 aliphatic rings. The van der Waals surface area contributed by atoms with Gasteiger partial charge in [0.05, 0.1) is 36.6 Å². The Balaban J connectivity index is 1.42. The second kappa shape index (κ2) is 9.16. The Morgan fingerprint density at radius 2 is 1.64 bits per heavy atom. The smallest absolute Gasteiger partial charge is 0.389 e. The molecule has 0 bridgehead atoms. The van der Waals surface area contributed by atoms with E-state index >= 15 is 0 Å². The van der Waals surface area contributed by atoms with E-state index in [4.69, 9.17) is 0 Å². The number of imidazole rings is 1. The molecule has 36 heavy (non-hydrogen) atoms. The van der Waals surface area contributed by atoms with E-state index in [0.29, 0.717) is 36.8 Å². The average molecular weight is 507 g/mol. The highest BCUT2D eigenvalue weighted by molar-refractivity contribution is 5.75. The topological polar surface area (TPSA) is 74.5 Å². The molecule has 2 atom stereocenters. The summed E-state index contributed by atoms with van der Waals surface area (Å²) in [7, 11) is 0. The highest BCUT2D eigenvalue weighted by Crippen LogP contribution is 2.37. The van der Waals surface area contributed by atoms with E-state index < -0.39 is 29.5 Å². The minimum atomic E-state index is -4.45. The SMILES string of the molecule is O=C(N1CC(O)C1)N1CC(c2ccc(C(F)(F)F)cc2)CC(c2cn(-c3ncc(F)cc3F)cn2)C1. The highest BCUT2D eigenvalue weighted by atomic mass is 19.4. The fraction of sp³-hybridized carbons (Fsp3) is 0.375. The quantitative estimate of drug-likeness (QED) is 0.546. The first-order valence-corrected chi connectivity index (χ1v) is 11.3. The van der Waals surface area contributed by atoms with Crippen LogP contribution in [0.4, 0.5) is 26.7 Å². The summed E-state index contributed by atoms with van der Waals surface area (Å²) >= 11 is 0. The lowest BCUT2D eigenvalue weighted by atomic mass is 9.83. The highest BCUT2D eigenvalue weighted by Gasteiger charge is 2.38. The van der Waals surface area contributed by atoms with Crippen LogP contribution < -0.4 is 0 Å². The Morgan fingerprint density at radius 3 is 2.28 bits per heavy atom. The standard InChI is InChI=1S/C24H22F5N5O2/c25-18-6-20(26)22(30-7-18)34-12-21(31-13-34)16-5-15(14-1-3-17(4-2-14)24(27,28)29)8-32(9-16)23(36)33-10-19(35)11-33/h1-4,6-7,12-13,15-16,19,35H,5,8-11H2. The van der Waals surface area contributed by atoms with Gasteiger partial charge in [-0.05, 0) is 24.1 Å². The molecule has 2 aliphatic heterocycles. The van der Waals surface area contributed by atoms with Crippen molar-refractivity contribution in [3.05, 3.63) is 77.5 Å². The van der Waals surface area contributed by atoms with E-state index in [0.717, 1.165) is 18.3 Å². The first-order chi connectivity index (χ1) is 17.1. The number of rotatable bonds is 3. The molecular weight excluding hydrogens is 485 g/mol. The molecular formula is C24H22F5N5O2. The number of β-amino-alcohol motifs (C(OH)–C–C–N with tert-alkyl or cyclic N) is 1. The van der Waals surface area contributed by atoms with E-state index in [-0.39, 0.29) is 36.8 Å². The first kappa shape index (κ1) is 24.2. The number of piperidine rings is 1. The number of aliphatic hydroxyl groups excluding tert-OH is 1. The predicted molar refractivity (Wildman–Crippen MR) is 117 cm³/mol. The van der Waals surface area contributed by atoms with Gasteiger partial charge in [0.15, 0.2) is 11.6 Å². The third-order valence-electron chi connectivity index (χ3n) is 6.62. The first-order valence-electron chi connectivity index (χ1n) is 11.3. The Labute approximate surface area is 202 Å². The Morgan fingerprint density at radius 1 is 0.972 bits per heavy atom. The number of aliphatic hydroxyl groups is 1. The zero-order valence-corrected chi connectivity index (χ0v) is 18.9. The van der Waals surface area contributed by atoms with Gasteiger partial charge in [0.25, 0.3) is 0 Å². The summed E-state index contributed by atoms with van der Waals surface area (Å²) in [5.74, 6) is -2.38. The summed E-state index contributed by atoms with van der Waals surface area (Å²) in [4.78, 5) is 24.3. The van der Waals surface area contributed by atoms with E-state index in [9.17, 15) is 31.9 Å². The Bertz CT molecular complexity index is 1260. The molecule has 12 heteroatoms. The third-order valence-corrected chi connectivity index (χ3v) is 6.62. The van der Waals surface area contributed by atoms with E-state index in [1.165, 1.54) is 27.9 Å². The largest absolute Gasteiger partial charge is 0.416 e. The molecule has 2 fully saturated rings. The van der Waals surface area contributed by atoms with Crippen LogP contribution in [-0.2, 0) is 6.18 Å². The molecule has 0 radical (unpaired) electrons. The van der Waals surface area contributed by atoms with Crippen LogP contribution in [0.2, 0.25) is 0 Å². The number of nitrogens with zero attached hydrogens (tertiary/aromatic N) is 5. The van der Waals surface area contributed by atoms with Crippen molar-refractivity contribution in [2.75, 3.05) is 26.2 Å². The molecule has 2 aromatic heterocycles. The number of pyridine rings is 1. The number of halogens is 5. The van der Waals surface area contributed by atoms with E-state index in [1.54, 1.807) is 11.1 Å². The van der Waals surface area contributed by atoms with Crippen LogP contribution in [0.1, 0.15) is 35.1 Å². The van der Waals surface area contributed by atoms with Gasteiger partial charge >= 0.3 is 12.2 Å². The Hall–Kier alpha value is -3.54. The van der Waals surface area contributed by atoms with Gasteiger partial charge in [-0.2, -0.15) is 13.2 Å². The van der Waals surface area contributed by atoms with Crippen molar-refractivity contribution in [3.63, 3.8) is 0 Å². The molecule has 0 saturated carbocycles. The van der Waals surface area contributed by atoms with E-state index in [2.05, 4.69) is 9.97 Å². The molecule has 2 unspecified atom stereocenters. The summed E-state index contributed by atoms with van der Waals surface area (Å²) in [6, 6.07) is 5.33. The molecule has 5 rings (SSSR count). The van der Waals surface area contributed by atoms with Crippen LogP contribution in [0.3, 0.4) is 0 Å². The van der Waals surface area contributed by atoms with Crippen molar-refractivity contribution in [1.82, 2.24) is 24.3 Å². The molecule has 3 aromatic rings. The maximum absolute atomic E-state index is 14.2. The summed E-state index contributed by atoms with van der Waals surface area (Å²) in [6.45, 7) is 1.02. The van der Waals surface area contributed by atoms with Gasteiger partial charge in [-0.25, -0.2) is 23.5 Å². The van der Waals surface area contributed by atoms with Crippen LogP contribution in [-0.4, -0.2) is 67.8 Å². The second-order valence-electron chi connectivity index (χ2n) is 9.16. The maximum atomic E-state index is 14.2. The molecule has 7 nitrogen and oxygen atoms in total. The van der Waals surface area contributed by atoms with Crippen molar-refractivity contribution < 1.29 is 31.9 Å². The van der Waals surface area contributed by atoms with Crippen molar-refractivity contribution in [1.29, 1.82) is 0 Å². The fourth-order valence-electron chi connectivity index (χ4n) is 4.73. The molecule has 1 N–H and O–H groups in total. The van der Waals surface area contributed by atoms with Crippen molar-refractivity contribution >= 4 is 6.03 Å². The molecule has 2 saturated heterocycles. The van der Waals surface area contributed by atoms with Crippen molar-refractivity contribution in [2.45, 2.75) is 30.5 Å². The third kappa shape index (κ3) is 4.77. The average Bonchev–Trinajstić information content (AvgIpc) is 3.31. The van der Waals surface area contributed by atoms with Crippen molar-refractivity contribution in [3.8, 4) is 5.82 Å². The molecule has 0 spiro atoms. The van der Waals surface area contributed by atoms with Gasteiger partial charge in [-0.15, -0.1) is 0 Å². The van der Waals surface area contributed by atoms with Crippen LogP contribution >= 0.6 is 0 Å². The molecule has 0 aliphatic carbocycles. The molecule has 4 heterocycles. The molecule has 190 valence electrons. The van der Waals surface area contributed by atoms with Gasteiger partial charge in [-0.1, -0.05) is 12.1 Å². The van der Waals surface area contributed by atoms with Crippen LogP contribution in [0.15, 0.2) is 49.1 Å². The molecule has 2 amide bonds. The second-order valence-corrected chi connectivity index (χ2v) is 9.16. The normalized spacial score (nSPS) is 20.9. The van der Waals surface area contributed by atoms with Gasteiger partial charge in [0.1, 0.15) is 12.1 Å². The van der Waals surface area contributed by atoms with Gasteiger partial charge < -0.3 is 14.9 Å². The van der Waals surface area contributed by atoms with Gasteiger partial charge in [-0.3, -0.25) is 4.57 Å². The zero-order chi connectivity index (χ0) is 25.6. The zero-order valence-electron chi connectivity index (χ0n) is 18.9. The van der Waals surface area contributed by atoms with Crippen LogP contribution in [0.5, 0.6) is 0 Å². The summed E-state index contributed by atoms with van der Waals surface area (Å²) < 4.78 is 67.9. The summed E-state index contributed by atoms with van der Waals surface area (Å²) in [6.07, 6.45) is -0.744. The number of benzene rings is 1. The number of hydrogen-bond acceptors (Lipinski definition) is 4. The number of aromatic nitrogens is 3. The lowest BCUT2D eigenvalue weighted by Gasteiger charge is -2.43. The number of likely N-dealkylation sites (tertiary alicyclic amines) is 2. The lowest BCUT2D eigenvalue weighted by Crippen LogP contribution is -2.59. The lowest BCUT2D eigenvalue weighted by molar-refractivity contribution is -0.137. The number of carbonyl (C=O) groups excluding carboxylic acids is 1. The number of alkyl halides is 3. The van der Waals surface area contributed by atoms with E-state index in [1.807, 2.05) is 0 Å². The Kier molecular flexibility index (Phi) is 6.15. The minimum Gasteiger partial charge on any atom is -0.389 e. The monoisotopic (exact) mass is 507 g/mol. The number of urea groups is 1. The summed E-state index contributed by atoms with van der Waals surface area (Å²) in [5, 5.41) is 9.59. The van der Waals surface area contributed by atoms with Crippen LogP contribution in [0, 0.1) is 11.6 Å². The van der Waals surface area contributed by atoms with Gasteiger partial charge in [0, 0.05) is 37.2 Å². The van der Waals surface area contributed by atoms with Crippen LogP contribution in [0.25, 0.3) is 5.82 Å². The maximum Gasteiger partial charge on any atom is 0.416 e. The number of carbonyl (C=O) groups is 1.